The van der Waals surface area contributed by atoms with Crippen molar-refractivity contribution in [3.05, 3.63) is 45.9 Å². The van der Waals surface area contributed by atoms with Gasteiger partial charge >= 0.3 is 5.97 Å². The Bertz CT molecular complexity index is 711. The second-order valence-electron chi connectivity index (χ2n) is 5.11. The lowest BCUT2D eigenvalue weighted by Gasteiger charge is -2.29. The van der Waals surface area contributed by atoms with Gasteiger partial charge in [-0.2, -0.15) is 0 Å². The first-order chi connectivity index (χ1) is 10.6. The standard InChI is InChI=1S/C16H16N2O3S/c1-11-17-13(10-22-11)16(20)21-9-15(19)18-8-4-6-12-5-2-3-7-14(12)18/h2-3,5,7,10H,4,6,8-9H2,1H3. The quantitative estimate of drug-likeness (QED) is 0.817. The number of benzene rings is 1. The summed E-state index contributed by atoms with van der Waals surface area (Å²) in [6, 6.07) is 7.84. The highest BCUT2D eigenvalue weighted by Gasteiger charge is 2.23. The van der Waals surface area contributed by atoms with Crippen molar-refractivity contribution in [1.82, 2.24) is 4.98 Å². The molecule has 6 heteroatoms. The maximum Gasteiger partial charge on any atom is 0.358 e. The largest absolute Gasteiger partial charge is 0.451 e. The fourth-order valence-electron chi connectivity index (χ4n) is 2.53. The number of anilines is 1. The predicted molar refractivity (Wildman–Crippen MR) is 84.2 cm³/mol. The molecule has 1 aromatic carbocycles. The van der Waals surface area contributed by atoms with Gasteiger partial charge in [0.25, 0.3) is 5.91 Å². The van der Waals surface area contributed by atoms with Crippen molar-refractivity contribution in [3.8, 4) is 0 Å². The molecule has 0 bridgehead atoms. The second-order valence-corrected chi connectivity index (χ2v) is 6.17. The second kappa shape index (κ2) is 6.27. The van der Waals surface area contributed by atoms with Crippen molar-refractivity contribution in [2.75, 3.05) is 18.1 Å². The fraction of sp³-hybridized carbons (Fsp3) is 0.312. The molecule has 1 aromatic heterocycles. The molecule has 2 heterocycles. The van der Waals surface area contributed by atoms with Gasteiger partial charge < -0.3 is 9.64 Å². The minimum absolute atomic E-state index is 0.201. The van der Waals surface area contributed by atoms with Crippen LogP contribution in [-0.2, 0) is 16.0 Å². The Kier molecular flexibility index (Phi) is 4.20. The number of hydrogen-bond donors (Lipinski definition) is 0. The summed E-state index contributed by atoms with van der Waals surface area (Å²) in [5.74, 6) is -0.754. The van der Waals surface area contributed by atoms with Gasteiger partial charge in [0, 0.05) is 17.6 Å². The van der Waals surface area contributed by atoms with E-state index in [-0.39, 0.29) is 18.2 Å². The van der Waals surface area contributed by atoms with Gasteiger partial charge in [-0.3, -0.25) is 4.79 Å². The van der Waals surface area contributed by atoms with E-state index in [1.54, 1.807) is 10.3 Å². The number of para-hydroxylation sites is 1. The summed E-state index contributed by atoms with van der Waals surface area (Å²) in [6.07, 6.45) is 1.89. The number of nitrogens with zero attached hydrogens (tertiary/aromatic N) is 2. The summed E-state index contributed by atoms with van der Waals surface area (Å²) >= 11 is 1.38. The first-order valence-electron chi connectivity index (χ1n) is 7.12. The van der Waals surface area contributed by atoms with E-state index in [0.29, 0.717) is 6.54 Å². The van der Waals surface area contributed by atoms with Crippen molar-refractivity contribution < 1.29 is 14.3 Å². The number of hydrogen-bond acceptors (Lipinski definition) is 5. The van der Waals surface area contributed by atoms with Gasteiger partial charge in [0.1, 0.15) is 0 Å². The number of aromatic nitrogens is 1. The Balaban J connectivity index is 1.65. The molecule has 0 aliphatic carbocycles. The molecule has 1 aliphatic rings. The smallest absolute Gasteiger partial charge is 0.358 e. The third-order valence-electron chi connectivity index (χ3n) is 3.57. The Morgan fingerprint density at radius 3 is 2.95 bits per heavy atom. The van der Waals surface area contributed by atoms with Crippen LogP contribution in [0.2, 0.25) is 0 Å². The van der Waals surface area contributed by atoms with E-state index in [2.05, 4.69) is 4.98 Å². The number of thiazole rings is 1. The lowest BCUT2D eigenvalue weighted by Crippen LogP contribution is -2.38. The topological polar surface area (TPSA) is 59.5 Å². The number of carbonyl (C=O) groups excluding carboxylic acids is 2. The summed E-state index contributed by atoms with van der Waals surface area (Å²) < 4.78 is 5.09. The molecule has 0 atom stereocenters. The normalized spacial score (nSPS) is 13.6. The van der Waals surface area contributed by atoms with E-state index in [4.69, 9.17) is 4.74 Å². The van der Waals surface area contributed by atoms with Crippen molar-refractivity contribution in [3.63, 3.8) is 0 Å². The Labute approximate surface area is 132 Å². The SMILES string of the molecule is Cc1nc(C(=O)OCC(=O)N2CCCc3ccccc32)cs1. The molecular formula is C16H16N2O3S. The third-order valence-corrected chi connectivity index (χ3v) is 4.34. The molecule has 0 N–H and O–H groups in total. The van der Waals surface area contributed by atoms with E-state index in [9.17, 15) is 9.59 Å². The fourth-order valence-corrected chi connectivity index (χ4v) is 3.11. The van der Waals surface area contributed by atoms with Crippen LogP contribution < -0.4 is 4.90 Å². The average molecular weight is 316 g/mol. The monoisotopic (exact) mass is 316 g/mol. The molecule has 22 heavy (non-hydrogen) atoms. The maximum atomic E-state index is 12.3. The van der Waals surface area contributed by atoms with Crippen molar-refractivity contribution in [2.45, 2.75) is 19.8 Å². The van der Waals surface area contributed by atoms with Gasteiger partial charge in [-0.15, -0.1) is 11.3 Å². The van der Waals surface area contributed by atoms with Gasteiger partial charge in [-0.1, -0.05) is 18.2 Å². The summed E-state index contributed by atoms with van der Waals surface area (Å²) in [5, 5.41) is 2.43. The lowest BCUT2D eigenvalue weighted by molar-refractivity contribution is -0.121. The molecule has 3 rings (SSSR count). The van der Waals surface area contributed by atoms with Crippen molar-refractivity contribution in [2.24, 2.45) is 0 Å². The van der Waals surface area contributed by atoms with Crippen molar-refractivity contribution in [1.29, 1.82) is 0 Å². The summed E-state index contributed by atoms with van der Waals surface area (Å²) in [6.45, 7) is 2.21. The van der Waals surface area contributed by atoms with Crippen LogP contribution in [-0.4, -0.2) is 30.0 Å². The van der Waals surface area contributed by atoms with Crippen LogP contribution in [0, 0.1) is 6.92 Å². The van der Waals surface area contributed by atoms with Crippen molar-refractivity contribution >= 4 is 28.9 Å². The first-order valence-corrected chi connectivity index (χ1v) is 8.00. The van der Waals surface area contributed by atoms with Gasteiger partial charge in [0.2, 0.25) is 0 Å². The number of carbonyl (C=O) groups is 2. The number of rotatable bonds is 3. The highest BCUT2D eigenvalue weighted by atomic mass is 32.1. The van der Waals surface area contributed by atoms with E-state index < -0.39 is 5.97 Å². The zero-order chi connectivity index (χ0) is 15.5. The number of fused-ring (bicyclic) bond motifs is 1. The molecular weight excluding hydrogens is 300 g/mol. The summed E-state index contributed by atoms with van der Waals surface area (Å²) in [4.78, 5) is 29.9. The zero-order valence-corrected chi connectivity index (χ0v) is 13.1. The molecule has 2 aromatic rings. The molecule has 0 spiro atoms. The van der Waals surface area contributed by atoms with E-state index >= 15 is 0 Å². The molecule has 0 unspecified atom stereocenters. The van der Waals surface area contributed by atoms with Crippen LogP contribution in [0.25, 0.3) is 0 Å². The number of ether oxygens (including phenoxy) is 1. The molecule has 114 valence electrons. The highest BCUT2D eigenvalue weighted by Crippen LogP contribution is 2.26. The van der Waals surface area contributed by atoms with Crippen LogP contribution in [0.15, 0.2) is 29.6 Å². The lowest BCUT2D eigenvalue weighted by atomic mass is 10.0. The van der Waals surface area contributed by atoms with Crippen LogP contribution in [0.1, 0.15) is 27.5 Å². The summed E-state index contributed by atoms with van der Waals surface area (Å²) in [5.41, 5.74) is 2.33. The minimum atomic E-state index is -0.553. The van der Waals surface area contributed by atoms with Crippen LogP contribution in [0.4, 0.5) is 5.69 Å². The number of esters is 1. The average Bonchev–Trinajstić information content (AvgIpc) is 2.98. The van der Waals surface area contributed by atoms with Gasteiger partial charge in [0.15, 0.2) is 12.3 Å². The van der Waals surface area contributed by atoms with Crippen LogP contribution in [0.5, 0.6) is 0 Å². The molecule has 1 aliphatic heterocycles. The maximum absolute atomic E-state index is 12.3. The minimum Gasteiger partial charge on any atom is -0.451 e. The predicted octanol–water partition coefficient (Wildman–Crippen LogP) is 2.59. The van der Waals surface area contributed by atoms with E-state index in [0.717, 1.165) is 29.1 Å². The van der Waals surface area contributed by atoms with Gasteiger partial charge in [-0.05, 0) is 31.4 Å². The highest BCUT2D eigenvalue weighted by molar-refractivity contribution is 7.09. The van der Waals surface area contributed by atoms with Crippen LogP contribution in [0.3, 0.4) is 0 Å². The van der Waals surface area contributed by atoms with E-state index in [1.807, 2.05) is 31.2 Å². The first kappa shape index (κ1) is 14.7. The number of aryl methyl sites for hydroxylation is 2. The Morgan fingerprint density at radius 2 is 2.18 bits per heavy atom. The summed E-state index contributed by atoms with van der Waals surface area (Å²) in [7, 11) is 0. The molecule has 0 fully saturated rings. The van der Waals surface area contributed by atoms with E-state index in [1.165, 1.54) is 11.3 Å². The molecule has 0 saturated heterocycles. The third kappa shape index (κ3) is 3.01. The number of amides is 1. The molecule has 1 amide bonds. The molecule has 0 radical (unpaired) electrons. The molecule has 5 nitrogen and oxygen atoms in total. The zero-order valence-electron chi connectivity index (χ0n) is 12.2. The molecule has 0 saturated carbocycles. The van der Waals surface area contributed by atoms with Gasteiger partial charge in [0.05, 0.1) is 5.01 Å². The van der Waals surface area contributed by atoms with Crippen LogP contribution >= 0.6 is 11.3 Å². The Morgan fingerprint density at radius 1 is 1.36 bits per heavy atom. The Hall–Kier alpha value is -2.21. The van der Waals surface area contributed by atoms with Gasteiger partial charge in [-0.25, -0.2) is 9.78 Å².